The molecule has 15 heteroatoms. The highest BCUT2D eigenvalue weighted by Crippen LogP contribution is 2.41. The van der Waals surface area contributed by atoms with Crippen molar-refractivity contribution in [2.45, 2.75) is 28.5 Å². The Morgan fingerprint density at radius 3 is 1.98 bits per heavy atom. The van der Waals surface area contributed by atoms with Gasteiger partial charge in [-0.05, 0) is 58.5 Å². The van der Waals surface area contributed by atoms with Crippen molar-refractivity contribution in [1.82, 2.24) is 0 Å². The van der Waals surface area contributed by atoms with E-state index in [0.29, 0.717) is 5.56 Å². The van der Waals surface area contributed by atoms with Gasteiger partial charge < -0.3 is 27.2 Å². The molecule has 0 aromatic heterocycles. The first-order valence-corrected chi connectivity index (χ1v) is 18.3. The van der Waals surface area contributed by atoms with Crippen LogP contribution in [0.4, 0.5) is 22.7 Å². The zero-order valence-corrected chi connectivity index (χ0v) is 29.9. The molecule has 0 atom stereocenters. The number of rotatable bonds is 5. The lowest BCUT2D eigenvalue weighted by atomic mass is 10.0. The van der Waals surface area contributed by atoms with Crippen molar-refractivity contribution in [1.29, 1.82) is 0 Å². The fourth-order valence-corrected chi connectivity index (χ4v) is 6.07. The highest BCUT2D eigenvalue weighted by Gasteiger charge is 2.23. The van der Waals surface area contributed by atoms with E-state index in [1.54, 1.807) is 0 Å². The van der Waals surface area contributed by atoms with Crippen LogP contribution in [0.5, 0.6) is 5.75 Å². The standard InChI is InChI=1S/C13H10OS.C11H12N2O7S2.C9H10N2.C2H6/c14-9-10-1-3-11(4-2-10)12-5-7-13(15)8-6-12;1-13-7-4-6(21(15,16)17)2-5-3-8(22(18,19)20)10(12)11(14)9(5)7;10-8-5-1-3-7-4-2-6-11-9(7)8;1-2/h1-9,15H;2-4,13-14H,12H2,1H3,(H,15,16,17)(H,18,19,20);1-5,11H,6,10H2;1-2H3. The smallest absolute Gasteiger partial charge is 0.296 e. The fourth-order valence-electron chi connectivity index (χ4n) is 4.73. The minimum atomic E-state index is -4.73. The molecule has 0 fully saturated rings. The van der Waals surface area contributed by atoms with Crippen LogP contribution < -0.4 is 22.1 Å². The Balaban J connectivity index is 0.000000209. The summed E-state index contributed by atoms with van der Waals surface area (Å²) < 4.78 is 63.3. The van der Waals surface area contributed by atoms with E-state index in [2.05, 4.69) is 35.4 Å². The predicted octanol–water partition coefficient (Wildman–Crippen LogP) is 6.85. The van der Waals surface area contributed by atoms with Crippen LogP contribution in [0.2, 0.25) is 0 Å². The summed E-state index contributed by atoms with van der Waals surface area (Å²) in [4.78, 5) is 10.1. The molecule has 0 unspecified atom stereocenters. The number of nitrogens with two attached hydrogens (primary N) is 2. The average molecular weight is 739 g/mol. The summed E-state index contributed by atoms with van der Waals surface area (Å²) in [5, 5.41) is 15.9. The van der Waals surface area contributed by atoms with Crippen molar-refractivity contribution in [3.8, 4) is 16.9 Å². The lowest BCUT2D eigenvalue weighted by molar-refractivity contribution is 0.112. The molecular weight excluding hydrogens is 701 g/mol. The summed E-state index contributed by atoms with van der Waals surface area (Å²) in [7, 11) is -7.87. The molecule has 5 aromatic rings. The van der Waals surface area contributed by atoms with Gasteiger partial charge >= 0.3 is 0 Å². The third-order valence-electron chi connectivity index (χ3n) is 7.10. The molecular formula is C35H38N4O8S3. The highest BCUT2D eigenvalue weighted by atomic mass is 32.2. The van der Waals surface area contributed by atoms with Gasteiger partial charge in [-0.15, -0.1) is 12.6 Å². The Kier molecular flexibility index (Phi) is 13.4. The van der Waals surface area contributed by atoms with Gasteiger partial charge in [0.2, 0.25) is 0 Å². The first-order valence-electron chi connectivity index (χ1n) is 15.0. The number of carbonyl (C=O) groups is 1. The van der Waals surface area contributed by atoms with Crippen molar-refractivity contribution in [3.05, 3.63) is 102 Å². The number of nitrogen functional groups attached to an aromatic ring is 2. The molecule has 0 spiro atoms. The minimum Gasteiger partial charge on any atom is -0.505 e. The number of para-hydroxylation sites is 1. The number of phenols is 1. The SMILES string of the molecule is CC.CNc1cc(S(=O)(=O)O)cc2cc(S(=O)(=O)O)c(N)c(O)c12.Nc1cccc2c1NCC=C2.O=Cc1ccc(-c2ccc(S)cc2)cc1. The quantitative estimate of drug-likeness (QED) is 0.0305. The van der Waals surface area contributed by atoms with Crippen LogP contribution >= 0.6 is 12.6 Å². The van der Waals surface area contributed by atoms with Gasteiger partial charge in [-0.3, -0.25) is 13.9 Å². The van der Waals surface area contributed by atoms with Gasteiger partial charge in [0.25, 0.3) is 20.2 Å². The molecule has 0 saturated heterocycles. The summed E-state index contributed by atoms with van der Waals surface area (Å²) >= 11 is 4.23. The molecule has 9 N–H and O–H groups in total. The minimum absolute atomic E-state index is 0.0415. The Hall–Kier alpha value is -5.06. The summed E-state index contributed by atoms with van der Waals surface area (Å²) in [6.07, 6.45) is 5.02. The second-order valence-electron chi connectivity index (χ2n) is 10.3. The van der Waals surface area contributed by atoms with E-state index in [-0.39, 0.29) is 16.5 Å². The number of phenolic OH excluding ortho intramolecular Hbond substituents is 1. The van der Waals surface area contributed by atoms with E-state index >= 15 is 0 Å². The molecule has 0 amide bonds. The zero-order valence-electron chi connectivity index (χ0n) is 27.3. The summed E-state index contributed by atoms with van der Waals surface area (Å²) in [6.45, 7) is 4.88. The molecule has 0 saturated carbocycles. The van der Waals surface area contributed by atoms with Gasteiger partial charge in [-0.1, -0.05) is 74.5 Å². The fraction of sp³-hybridized carbons (Fsp3) is 0.114. The van der Waals surface area contributed by atoms with Gasteiger partial charge in [0.1, 0.15) is 16.9 Å². The molecule has 1 heterocycles. The van der Waals surface area contributed by atoms with Gasteiger partial charge in [0.05, 0.1) is 22.0 Å². The first-order chi connectivity index (χ1) is 23.6. The van der Waals surface area contributed by atoms with Crippen molar-refractivity contribution >= 4 is 78.7 Å². The molecule has 12 nitrogen and oxygen atoms in total. The van der Waals surface area contributed by atoms with Gasteiger partial charge in [-0.2, -0.15) is 16.8 Å². The maximum Gasteiger partial charge on any atom is 0.296 e. The van der Waals surface area contributed by atoms with Gasteiger partial charge in [-0.25, -0.2) is 0 Å². The summed E-state index contributed by atoms with van der Waals surface area (Å²) in [6, 6.07) is 24.3. The predicted molar refractivity (Wildman–Crippen MR) is 203 cm³/mol. The molecule has 264 valence electrons. The van der Waals surface area contributed by atoms with Crippen LogP contribution in [0.3, 0.4) is 0 Å². The second kappa shape index (κ2) is 17.0. The Bertz CT molecular complexity index is 2220. The highest BCUT2D eigenvalue weighted by molar-refractivity contribution is 7.86. The number of benzene rings is 5. The molecule has 0 aliphatic carbocycles. The Labute approximate surface area is 296 Å². The molecule has 1 aliphatic heterocycles. The van der Waals surface area contributed by atoms with E-state index in [1.807, 2.05) is 80.6 Å². The number of aldehydes is 1. The number of hydrogen-bond acceptors (Lipinski definition) is 11. The van der Waals surface area contributed by atoms with Crippen LogP contribution in [0.25, 0.3) is 28.0 Å². The van der Waals surface area contributed by atoms with Crippen molar-refractivity contribution in [3.63, 3.8) is 0 Å². The van der Waals surface area contributed by atoms with Crippen molar-refractivity contribution in [2.75, 3.05) is 35.7 Å². The molecule has 6 rings (SSSR count). The van der Waals surface area contributed by atoms with Gasteiger partial charge in [0.15, 0.2) is 0 Å². The number of carbonyl (C=O) groups excluding carboxylic acids is 1. The lowest BCUT2D eigenvalue weighted by Crippen LogP contribution is -2.06. The van der Waals surface area contributed by atoms with Gasteiger partial charge in [0, 0.05) is 35.1 Å². The van der Waals surface area contributed by atoms with E-state index in [9.17, 15) is 26.7 Å². The molecule has 0 radical (unpaired) electrons. The van der Waals surface area contributed by atoms with E-state index in [1.165, 1.54) is 12.6 Å². The third kappa shape index (κ3) is 9.77. The largest absolute Gasteiger partial charge is 0.505 e. The normalized spacial score (nSPS) is 11.6. The van der Waals surface area contributed by atoms with Crippen molar-refractivity contribution in [2.24, 2.45) is 0 Å². The van der Waals surface area contributed by atoms with Crippen LogP contribution in [-0.2, 0) is 20.2 Å². The Morgan fingerprint density at radius 1 is 0.860 bits per heavy atom. The first kappa shape index (κ1) is 39.4. The Morgan fingerprint density at radius 2 is 1.46 bits per heavy atom. The van der Waals surface area contributed by atoms with E-state index < -0.39 is 41.5 Å². The topological polar surface area (TPSA) is 222 Å². The summed E-state index contributed by atoms with van der Waals surface area (Å²) in [5.41, 5.74) is 16.8. The molecule has 5 aromatic carbocycles. The summed E-state index contributed by atoms with van der Waals surface area (Å²) in [5.74, 6) is -0.642. The van der Waals surface area contributed by atoms with Crippen LogP contribution in [0.1, 0.15) is 29.8 Å². The molecule has 0 bridgehead atoms. The van der Waals surface area contributed by atoms with Crippen molar-refractivity contribution < 1.29 is 35.8 Å². The number of fused-ring (bicyclic) bond motifs is 2. The van der Waals surface area contributed by atoms with E-state index in [0.717, 1.165) is 58.4 Å². The number of anilines is 4. The monoisotopic (exact) mass is 738 g/mol. The lowest BCUT2D eigenvalue weighted by Gasteiger charge is -2.14. The molecule has 1 aliphatic rings. The van der Waals surface area contributed by atoms with Crippen LogP contribution in [-0.4, -0.2) is 50.9 Å². The van der Waals surface area contributed by atoms with Crippen LogP contribution in [0, 0.1) is 0 Å². The maximum absolute atomic E-state index is 11.3. The number of hydrogen-bond donors (Lipinski definition) is 8. The zero-order chi connectivity index (χ0) is 37.2. The van der Waals surface area contributed by atoms with E-state index in [4.69, 9.17) is 20.6 Å². The number of nitrogens with one attached hydrogen (secondary N) is 2. The molecule has 50 heavy (non-hydrogen) atoms. The van der Waals surface area contributed by atoms with Crippen LogP contribution in [0.15, 0.2) is 106 Å². The second-order valence-corrected chi connectivity index (χ2v) is 13.6. The number of thiol groups is 1. The maximum atomic E-state index is 11.3. The number of aromatic hydroxyl groups is 1. The average Bonchev–Trinajstić information content (AvgIpc) is 3.10. The third-order valence-corrected chi connectivity index (χ3v) is 9.13.